The first-order valence-corrected chi connectivity index (χ1v) is 14.3. The molecule has 4 heterocycles. The molecular weight excluding hydrogens is 485 g/mol. The lowest BCUT2D eigenvalue weighted by Crippen LogP contribution is -2.50. The van der Waals surface area contributed by atoms with E-state index in [0.29, 0.717) is 31.0 Å². The molecule has 0 unspecified atom stereocenters. The molecule has 0 aromatic carbocycles. The fourth-order valence-electron chi connectivity index (χ4n) is 4.84. The van der Waals surface area contributed by atoms with Crippen molar-refractivity contribution in [3.63, 3.8) is 0 Å². The summed E-state index contributed by atoms with van der Waals surface area (Å²) in [6.07, 6.45) is 7.05. The normalized spacial score (nSPS) is 22.2. The number of aliphatic hydroxyl groups is 1. The molecule has 200 valence electrons. The second-order valence-corrected chi connectivity index (χ2v) is 12.7. The summed E-state index contributed by atoms with van der Waals surface area (Å²) >= 11 is 0. The van der Waals surface area contributed by atoms with Gasteiger partial charge in [0, 0.05) is 31.0 Å². The molecule has 36 heavy (non-hydrogen) atoms. The molecule has 0 amide bonds. The van der Waals surface area contributed by atoms with E-state index in [4.69, 9.17) is 0 Å². The predicted octanol–water partition coefficient (Wildman–Crippen LogP) is 2.06. The number of aryl methyl sites for hydroxylation is 1. The highest BCUT2D eigenvalue weighted by molar-refractivity contribution is 7.89. The van der Waals surface area contributed by atoms with Gasteiger partial charge in [-0.25, -0.2) is 22.8 Å². The van der Waals surface area contributed by atoms with Gasteiger partial charge in [0.2, 0.25) is 16.0 Å². The number of anilines is 1. The molecule has 2 aromatic rings. The van der Waals surface area contributed by atoms with Gasteiger partial charge >= 0.3 is 0 Å². The number of sulfonamides is 1. The van der Waals surface area contributed by atoms with Crippen molar-refractivity contribution in [1.82, 2.24) is 29.0 Å². The lowest BCUT2D eigenvalue weighted by Gasteiger charge is -2.34. The highest BCUT2D eigenvalue weighted by Gasteiger charge is 2.35. The van der Waals surface area contributed by atoms with Crippen molar-refractivity contribution in [1.29, 1.82) is 0 Å². The van der Waals surface area contributed by atoms with Gasteiger partial charge in [-0.3, -0.25) is 4.68 Å². The monoisotopic (exact) mass is 523 g/mol. The fourth-order valence-corrected chi connectivity index (χ4v) is 6.34. The number of alkyl halides is 1. The number of hydrogen-bond donors (Lipinski definition) is 2. The van der Waals surface area contributed by atoms with Crippen molar-refractivity contribution in [2.45, 2.75) is 70.8 Å². The maximum atomic E-state index is 15.1. The lowest BCUT2D eigenvalue weighted by molar-refractivity contribution is 0.0577. The van der Waals surface area contributed by atoms with E-state index in [2.05, 4.69) is 25.3 Å². The second-order valence-electron chi connectivity index (χ2n) is 10.6. The van der Waals surface area contributed by atoms with Gasteiger partial charge < -0.3 is 15.3 Å². The first kappa shape index (κ1) is 26.9. The molecule has 2 N–H and O–H groups in total. The minimum atomic E-state index is -3.48. The van der Waals surface area contributed by atoms with Crippen LogP contribution in [0, 0.1) is 6.92 Å². The van der Waals surface area contributed by atoms with Crippen LogP contribution in [0.5, 0.6) is 0 Å². The van der Waals surface area contributed by atoms with Gasteiger partial charge in [-0.05, 0) is 71.7 Å². The third kappa shape index (κ3) is 6.99. The van der Waals surface area contributed by atoms with Crippen molar-refractivity contribution >= 4 is 16.0 Å². The quantitative estimate of drug-likeness (QED) is 0.486. The van der Waals surface area contributed by atoms with E-state index in [9.17, 15) is 13.5 Å². The summed E-state index contributed by atoms with van der Waals surface area (Å²) < 4.78 is 43.6. The highest BCUT2D eigenvalue weighted by Crippen LogP contribution is 2.25. The van der Waals surface area contributed by atoms with Crippen LogP contribution in [0.1, 0.15) is 45.1 Å². The zero-order valence-electron chi connectivity index (χ0n) is 21.4. The molecule has 0 saturated carbocycles. The van der Waals surface area contributed by atoms with E-state index in [-0.39, 0.29) is 18.8 Å². The molecule has 12 heteroatoms. The zero-order valence-corrected chi connectivity index (χ0v) is 22.2. The zero-order chi connectivity index (χ0) is 25.9. The average Bonchev–Trinajstić information content (AvgIpc) is 3.47. The van der Waals surface area contributed by atoms with E-state index in [1.807, 2.05) is 13.1 Å². The Morgan fingerprint density at radius 3 is 2.67 bits per heavy atom. The number of rotatable bonds is 10. The van der Waals surface area contributed by atoms with Crippen LogP contribution in [0.15, 0.2) is 18.6 Å². The molecule has 0 aliphatic carbocycles. The van der Waals surface area contributed by atoms with E-state index >= 15 is 4.39 Å². The van der Waals surface area contributed by atoms with E-state index in [1.54, 1.807) is 30.9 Å². The summed E-state index contributed by atoms with van der Waals surface area (Å²) in [5, 5.41) is 17.4. The summed E-state index contributed by atoms with van der Waals surface area (Å²) in [6, 6.07) is -0.575. The van der Waals surface area contributed by atoms with Crippen molar-refractivity contribution in [3.05, 3.63) is 24.2 Å². The van der Waals surface area contributed by atoms with Gasteiger partial charge in [0.15, 0.2) is 0 Å². The van der Waals surface area contributed by atoms with Crippen LogP contribution in [-0.2, 0) is 16.6 Å². The Labute approximate surface area is 213 Å². The van der Waals surface area contributed by atoms with E-state index in [1.165, 1.54) is 17.1 Å². The SMILES string of the molecule is Cc1cnc(N[C@H]2CCN(S(=O)(=O)CCCN3CCCC3)C[C@H]2F)nc1-c1cnn(CC(C)(C)O)c1. The molecule has 0 bridgehead atoms. The maximum Gasteiger partial charge on any atom is 0.223 e. The highest BCUT2D eigenvalue weighted by atomic mass is 32.2. The Balaban J connectivity index is 1.34. The minimum absolute atomic E-state index is 0.0555. The molecule has 4 rings (SSSR count). The van der Waals surface area contributed by atoms with E-state index < -0.39 is 27.8 Å². The van der Waals surface area contributed by atoms with Crippen LogP contribution in [0.2, 0.25) is 0 Å². The summed E-state index contributed by atoms with van der Waals surface area (Å²) in [6.45, 7) is 8.61. The molecule has 10 nitrogen and oxygen atoms in total. The molecule has 0 radical (unpaired) electrons. The lowest BCUT2D eigenvalue weighted by atomic mass is 10.1. The molecule has 2 atom stereocenters. The molecule has 2 fully saturated rings. The van der Waals surface area contributed by atoms with Crippen molar-refractivity contribution < 1.29 is 17.9 Å². The predicted molar refractivity (Wildman–Crippen MR) is 137 cm³/mol. The summed E-state index contributed by atoms with van der Waals surface area (Å²) in [5.74, 6) is 0.347. The molecular formula is C24H38FN7O3S. The Kier molecular flexibility index (Phi) is 8.28. The number of halogens is 1. The maximum absolute atomic E-state index is 15.1. The molecule has 0 spiro atoms. The van der Waals surface area contributed by atoms with E-state index in [0.717, 1.165) is 30.8 Å². The molecule has 2 aromatic heterocycles. The number of nitrogens with one attached hydrogen (secondary N) is 1. The van der Waals surface area contributed by atoms with Crippen LogP contribution >= 0.6 is 0 Å². The van der Waals surface area contributed by atoms with Crippen molar-refractivity contribution in [3.8, 4) is 11.3 Å². The first-order valence-electron chi connectivity index (χ1n) is 12.7. The van der Waals surface area contributed by atoms with Gasteiger partial charge in [-0.15, -0.1) is 0 Å². The van der Waals surface area contributed by atoms with Crippen LogP contribution < -0.4 is 5.32 Å². The smallest absolute Gasteiger partial charge is 0.223 e. The average molecular weight is 524 g/mol. The fraction of sp³-hybridized carbons (Fsp3) is 0.708. The largest absolute Gasteiger partial charge is 0.389 e. The summed E-state index contributed by atoms with van der Waals surface area (Å²) in [5.41, 5.74) is 1.38. The molecule has 2 saturated heterocycles. The molecule has 2 aliphatic heterocycles. The summed E-state index contributed by atoms with van der Waals surface area (Å²) in [7, 11) is -3.48. The standard InChI is InChI=1S/C24H38FN7O3S/c1-18-13-26-23(29-22(18)19-14-27-31(15-19)17-24(2,3)33)28-21-7-11-32(16-20(21)25)36(34,35)12-6-10-30-8-4-5-9-30/h13-15,20-21,33H,4-12,16-17H2,1-3H3,(H,26,28,29)/t20-,21+/m1/s1. The van der Waals surface area contributed by atoms with Gasteiger partial charge in [0.1, 0.15) is 6.17 Å². The van der Waals surface area contributed by atoms with Crippen molar-refractivity contribution in [2.75, 3.05) is 43.8 Å². The Morgan fingerprint density at radius 2 is 1.97 bits per heavy atom. The Morgan fingerprint density at radius 1 is 1.22 bits per heavy atom. The van der Waals surface area contributed by atoms with Gasteiger partial charge in [-0.2, -0.15) is 9.40 Å². The number of nitrogens with zero attached hydrogens (tertiary/aromatic N) is 6. The first-order chi connectivity index (χ1) is 17.0. The topological polar surface area (TPSA) is 116 Å². The third-order valence-electron chi connectivity index (χ3n) is 6.71. The van der Waals surface area contributed by atoms with Crippen LogP contribution in [0.3, 0.4) is 0 Å². The van der Waals surface area contributed by atoms with Crippen molar-refractivity contribution in [2.24, 2.45) is 0 Å². The number of likely N-dealkylation sites (tertiary alicyclic amines) is 1. The Bertz CT molecular complexity index is 1130. The Hall–Kier alpha value is -2.15. The third-order valence-corrected chi connectivity index (χ3v) is 8.64. The minimum Gasteiger partial charge on any atom is -0.389 e. The van der Waals surface area contributed by atoms with Crippen LogP contribution in [0.25, 0.3) is 11.3 Å². The number of aromatic nitrogens is 4. The second kappa shape index (κ2) is 11.1. The van der Waals surface area contributed by atoms with Gasteiger partial charge in [0.05, 0.1) is 35.8 Å². The van der Waals surface area contributed by atoms with Crippen LogP contribution in [0.4, 0.5) is 10.3 Å². The number of piperidine rings is 1. The summed E-state index contributed by atoms with van der Waals surface area (Å²) in [4.78, 5) is 11.2. The molecule has 2 aliphatic rings. The number of hydrogen-bond acceptors (Lipinski definition) is 8. The van der Waals surface area contributed by atoms with Crippen LogP contribution in [-0.4, -0.2) is 98.8 Å². The van der Waals surface area contributed by atoms with Gasteiger partial charge in [-0.1, -0.05) is 0 Å². The van der Waals surface area contributed by atoms with Gasteiger partial charge in [0.25, 0.3) is 0 Å².